The Labute approximate surface area is 118 Å². The number of benzene rings is 1. The average molecular weight is 354 g/mol. The predicted molar refractivity (Wildman–Crippen MR) is 76.0 cm³/mol. The molecule has 0 radical (unpaired) electrons. The molecule has 1 aliphatic rings. The van der Waals surface area contributed by atoms with Gasteiger partial charge in [0.15, 0.2) is 0 Å². The summed E-state index contributed by atoms with van der Waals surface area (Å²) in [5.41, 5.74) is -0.154. The zero-order valence-electron chi connectivity index (χ0n) is 9.54. The predicted octanol–water partition coefficient (Wildman–Crippen LogP) is 2.98. The summed E-state index contributed by atoms with van der Waals surface area (Å²) in [5, 5.41) is 0. The van der Waals surface area contributed by atoms with Gasteiger partial charge in [-0.15, -0.1) is 0 Å². The quantitative estimate of drug-likeness (QED) is 0.796. The largest absolute Gasteiger partial charge is 0.435 e. The van der Waals surface area contributed by atoms with Crippen LogP contribution >= 0.6 is 22.6 Å². The van der Waals surface area contributed by atoms with Gasteiger partial charge in [-0.25, -0.2) is 4.98 Å². The number of rotatable bonds is 3. The van der Waals surface area contributed by atoms with E-state index < -0.39 is 0 Å². The minimum absolute atomic E-state index is 0.145. The lowest BCUT2D eigenvalue weighted by Crippen LogP contribution is -2.20. The lowest BCUT2D eigenvalue weighted by atomic mass is 10.3. The van der Waals surface area contributed by atoms with Crippen molar-refractivity contribution in [1.29, 1.82) is 0 Å². The second-order valence-electron chi connectivity index (χ2n) is 4.24. The molecule has 4 nitrogen and oxygen atoms in total. The number of ether oxygens (including phenoxy) is 1. The Bertz CT molecular complexity index is 635. The Balaban J connectivity index is 1.93. The van der Waals surface area contributed by atoms with Gasteiger partial charge in [0.05, 0.1) is 0 Å². The van der Waals surface area contributed by atoms with E-state index in [1.807, 2.05) is 24.3 Å². The minimum atomic E-state index is -0.154. The van der Waals surface area contributed by atoms with Crippen molar-refractivity contribution in [3.05, 3.63) is 50.6 Å². The number of nitrogens with zero attached hydrogens (tertiary/aromatic N) is 2. The molecule has 5 heteroatoms. The van der Waals surface area contributed by atoms with Crippen LogP contribution in [-0.2, 0) is 0 Å². The molecule has 92 valence electrons. The van der Waals surface area contributed by atoms with Crippen LogP contribution in [0.4, 0.5) is 0 Å². The lowest BCUT2D eigenvalue weighted by molar-refractivity contribution is 0.444. The molecule has 0 saturated heterocycles. The van der Waals surface area contributed by atoms with Gasteiger partial charge in [-0.3, -0.25) is 4.79 Å². The standard InChI is InChI=1S/C13H11IN2O2/c14-9-2-1-3-11(8-9)18-12-13(17)16(7-6-15-12)10-4-5-10/h1-3,6-8,10H,4-5H2. The van der Waals surface area contributed by atoms with E-state index in [-0.39, 0.29) is 11.4 Å². The molecule has 1 aromatic heterocycles. The molecule has 1 heterocycles. The summed E-state index contributed by atoms with van der Waals surface area (Å²) < 4.78 is 8.32. The van der Waals surface area contributed by atoms with E-state index in [9.17, 15) is 4.79 Å². The first kappa shape index (κ1) is 11.7. The topological polar surface area (TPSA) is 44.1 Å². The monoisotopic (exact) mass is 354 g/mol. The van der Waals surface area contributed by atoms with Gasteiger partial charge >= 0.3 is 5.56 Å². The van der Waals surface area contributed by atoms with Crippen LogP contribution in [0.2, 0.25) is 0 Å². The van der Waals surface area contributed by atoms with Gasteiger partial charge in [0.2, 0.25) is 0 Å². The first-order chi connectivity index (χ1) is 8.74. The fourth-order valence-electron chi connectivity index (χ4n) is 1.76. The van der Waals surface area contributed by atoms with Crippen LogP contribution in [0.5, 0.6) is 11.6 Å². The van der Waals surface area contributed by atoms with Crippen LogP contribution in [-0.4, -0.2) is 9.55 Å². The van der Waals surface area contributed by atoms with Crippen LogP contribution in [0, 0.1) is 3.57 Å². The number of halogens is 1. The normalized spacial score (nSPS) is 14.5. The first-order valence-electron chi connectivity index (χ1n) is 5.74. The Morgan fingerprint density at radius 3 is 2.94 bits per heavy atom. The molecule has 0 bridgehead atoms. The van der Waals surface area contributed by atoms with Crippen molar-refractivity contribution in [2.75, 3.05) is 0 Å². The van der Waals surface area contributed by atoms with Crippen molar-refractivity contribution in [1.82, 2.24) is 9.55 Å². The summed E-state index contributed by atoms with van der Waals surface area (Å²) in [4.78, 5) is 16.1. The third-order valence-electron chi connectivity index (χ3n) is 2.79. The van der Waals surface area contributed by atoms with Crippen molar-refractivity contribution in [2.45, 2.75) is 18.9 Å². The van der Waals surface area contributed by atoms with Gasteiger partial charge < -0.3 is 9.30 Å². The molecular formula is C13H11IN2O2. The molecular weight excluding hydrogens is 343 g/mol. The average Bonchev–Trinajstić information content (AvgIpc) is 3.16. The van der Waals surface area contributed by atoms with Crippen LogP contribution in [0.1, 0.15) is 18.9 Å². The van der Waals surface area contributed by atoms with E-state index in [4.69, 9.17) is 4.74 Å². The fraction of sp³-hybridized carbons (Fsp3) is 0.231. The van der Waals surface area contributed by atoms with Crippen molar-refractivity contribution >= 4 is 22.6 Å². The van der Waals surface area contributed by atoms with E-state index in [1.54, 1.807) is 17.0 Å². The minimum Gasteiger partial charge on any atom is -0.435 e. The highest BCUT2D eigenvalue weighted by Crippen LogP contribution is 2.33. The highest BCUT2D eigenvalue weighted by atomic mass is 127. The van der Waals surface area contributed by atoms with Crippen LogP contribution in [0.15, 0.2) is 41.5 Å². The number of hydrogen-bond donors (Lipinski definition) is 0. The van der Waals surface area contributed by atoms with E-state index >= 15 is 0 Å². The van der Waals surface area contributed by atoms with Crippen molar-refractivity contribution in [3.8, 4) is 11.6 Å². The Hall–Kier alpha value is -1.37. The van der Waals surface area contributed by atoms with Gasteiger partial charge in [-0.2, -0.15) is 0 Å². The molecule has 0 spiro atoms. The highest BCUT2D eigenvalue weighted by molar-refractivity contribution is 14.1. The molecule has 1 fully saturated rings. The molecule has 1 aromatic carbocycles. The Morgan fingerprint density at radius 1 is 1.39 bits per heavy atom. The summed E-state index contributed by atoms with van der Waals surface area (Å²) in [7, 11) is 0. The number of hydrogen-bond acceptors (Lipinski definition) is 3. The first-order valence-corrected chi connectivity index (χ1v) is 6.82. The van der Waals surface area contributed by atoms with Crippen molar-refractivity contribution < 1.29 is 4.74 Å². The molecule has 1 aliphatic carbocycles. The third kappa shape index (κ3) is 2.40. The summed E-state index contributed by atoms with van der Waals surface area (Å²) in [6, 6.07) is 7.88. The number of aromatic nitrogens is 2. The summed E-state index contributed by atoms with van der Waals surface area (Å²) in [6.07, 6.45) is 5.46. The van der Waals surface area contributed by atoms with Gasteiger partial charge in [0, 0.05) is 22.0 Å². The zero-order chi connectivity index (χ0) is 12.5. The summed E-state index contributed by atoms with van der Waals surface area (Å²) >= 11 is 2.20. The van der Waals surface area contributed by atoms with E-state index in [0.717, 1.165) is 16.4 Å². The molecule has 18 heavy (non-hydrogen) atoms. The molecule has 0 aliphatic heterocycles. The van der Waals surface area contributed by atoms with Crippen molar-refractivity contribution in [2.24, 2.45) is 0 Å². The van der Waals surface area contributed by atoms with E-state index in [0.29, 0.717) is 11.8 Å². The van der Waals surface area contributed by atoms with E-state index in [1.165, 1.54) is 0 Å². The molecule has 0 N–H and O–H groups in total. The molecule has 0 unspecified atom stereocenters. The second kappa shape index (κ2) is 4.72. The second-order valence-corrected chi connectivity index (χ2v) is 5.48. The Morgan fingerprint density at radius 2 is 2.22 bits per heavy atom. The van der Waals surface area contributed by atoms with Gasteiger partial charge in [0.1, 0.15) is 5.75 Å². The molecule has 3 rings (SSSR count). The van der Waals surface area contributed by atoms with Gasteiger partial charge in [-0.05, 0) is 53.6 Å². The summed E-state index contributed by atoms with van der Waals surface area (Å²) in [5.74, 6) is 0.784. The smallest absolute Gasteiger partial charge is 0.313 e. The molecule has 0 atom stereocenters. The van der Waals surface area contributed by atoms with Crippen LogP contribution in [0.3, 0.4) is 0 Å². The summed E-state index contributed by atoms with van der Waals surface area (Å²) in [6.45, 7) is 0. The Kier molecular flexibility index (Phi) is 3.07. The van der Waals surface area contributed by atoms with Crippen LogP contribution < -0.4 is 10.3 Å². The maximum absolute atomic E-state index is 12.1. The fourth-order valence-corrected chi connectivity index (χ4v) is 2.27. The SMILES string of the molecule is O=c1c(Oc2cccc(I)c2)nccn1C1CC1. The third-order valence-corrected chi connectivity index (χ3v) is 3.46. The highest BCUT2D eigenvalue weighted by Gasteiger charge is 2.25. The van der Waals surface area contributed by atoms with Gasteiger partial charge in [-0.1, -0.05) is 6.07 Å². The maximum atomic E-state index is 12.1. The maximum Gasteiger partial charge on any atom is 0.313 e. The van der Waals surface area contributed by atoms with Gasteiger partial charge in [0.25, 0.3) is 5.88 Å². The molecule has 1 saturated carbocycles. The van der Waals surface area contributed by atoms with Crippen molar-refractivity contribution in [3.63, 3.8) is 0 Å². The van der Waals surface area contributed by atoms with Crippen LogP contribution in [0.25, 0.3) is 0 Å². The zero-order valence-corrected chi connectivity index (χ0v) is 11.7. The molecule has 2 aromatic rings. The molecule has 0 amide bonds. The lowest BCUT2D eigenvalue weighted by Gasteiger charge is -2.07. The van der Waals surface area contributed by atoms with E-state index in [2.05, 4.69) is 27.6 Å².